The van der Waals surface area contributed by atoms with E-state index in [4.69, 9.17) is 0 Å². The minimum atomic E-state index is -4.65. The van der Waals surface area contributed by atoms with Gasteiger partial charge in [0.2, 0.25) is 0 Å². The number of halogens is 3. The average Bonchev–Trinajstić information content (AvgIpc) is 3.26. The molecule has 0 saturated carbocycles. The van der Waals surface area contributed by atoms with Crippen LogP contribution >= 0.6 is 11.8 Å². The Kier molecular flexibility index (Phi) is 5.42. The Labute approximate surface area is 165 Å². The van der Waals surface area contributed by atoms with Gasteiger partial charge in [-0.3, -0.25) is 19.6 Å². The molecule has 29 heavy (non-hydrogen) atoms. The maximum atomic E-state index is 12.9. The van der Waals surface area contributed by atoms with Gasteiger partial charge in [0.1, 0.15) is 5.78 Å². The first kappa shape index (κ1) is 20.5. The third-order valence-corrected chi connectivity index (χ3v) is 4.75. The molecule has 3 aromatic rings. The van der Waals surface area contributed by atoms with Crippen molar-refractivity contribution in [2.75, 3.05) is 5.75 Å². The van der Waals surface area contributed by atoms with Gasteiger partial charge in [-0.15, -0.1) is 10.2 Å². The second kappa shape index (κ2) is 7.66. The van der Waals surface area contributed by atoms with Crippen LogP contribution in [0.4, 0.5) is 18.9 Å². The Bertz CT molecular complexity index is 1090. The molecule has 3 rings (SSSR count). The van der Waals surface area contributed by atoms with Gasteiger partial charge in [0.05, 0.1) is 16.4 Å². The SMILES string of the molecule is CC(=O)CSc1nnc(-c2cc(-c3cc(C(F)(F)F)nn3C)cc([N+](=O)[O-])c2)[nH]1. The third kappa shape index (κ3) is 4.62. The van der Waals surface area contributed by atoms with Gasteiger partial charge >= 0.3 is 6.18 Å². The summed E-state index contributed by atoms with van der Waals surface area (Å²) in [7, 11) is 1.31. The fourth-order valence-electron chi connectivity index (χ4n) is 2.49. The molecule has 2 aromatic heterocycles. The van der Waals surface area contributed by atoms with Crippen molar-refractivity contribution in [1.82, 2.24) is 25.0 Å². The van der Waals surface area contributed by atoms with Crippen molar-refractivity contribution in [2.24, 2.45) is 7.05 Å². The first-order chi connectivity index (χ1) is 13.5. The number of hydrogen-bond donors (Lipinski definition) is 1. The van der Waals surface area contributed by atoms with Crippen molar-refractivity contribution in [2.45, 2.75) is 18.3 Å². The van der Waals surface area contributed by atoms with Crippen LogP contribution < -0.4 is 0 Å². The number of non-ortho nitro benzene ring substituents is 1. The van der Waals surface area contributed by atoms with Crippen LogP contribution in [0.1, 0.15) is 12.6 Å². The molecule has 0 atom stereocenters. The normalized spacial score (nSPS) is 11.6. The number of alkyl halides is 3. The van der Waals surface area contributed by atoms with Crippen molar-refractivity contribution in [3.05, 3.63) is 40.1 Å². The molecule has 0 radical (unpaired) electrons. The highest BCUT2D eigenvalue weighted by Gasteiger charge is 2.35. The number of carbonyl (C=O) groups excluding carboxylic acids is 1. The fraction of sp³-hybridized carbons (Fsp3) is 0.250. The number of nitrogens with zero attached hydrogens (tertiary/aromatic N) is 5. The number of H-pyrrole nitrogens is 1. The molecule has 152 valence electrons. The largest absolute Gasteiger partial charge is 0.435 e. The maximum Gasteiger partial charge on any atom is 0.435 e. The third-order valence-electron chi connectivity index (χ3n) is 3.75. The quantitative estimate of drug-likeness (QED) is 0.364. The summed E-state index contributed by atoms with van der Waals surface area (Å²) in [6.45, 7) is 1.42. The topological polar surface area (TPSA) is 120 Å². The lowest BCUT2D eigenvalue weighted by atomic mass is 10.1. The number of nitrogens with one attached hydrogen (secondary N) is 1. The molecule has 1 aromatic carbocycles. The predicted octanol–water partition coefficient (Wildman–Crippen LogP) is 3.48. The molecule has 0 fully saturated rings. The summed E-state index contributed by atoms with van der Waals surface area (Å²) in [6, 6.07) is 4.65. The van der Waals surface area contributed by atoms with Crippen LogP contribution in [-0.4, -0.2) is 41.4 Å². The lowest BCUT2D eigenvalue weighted by molar-refractivity contribution is -0.384. The Balaban J connectivity index is 2.05. The van der Waals surface area contributed by atoms with E-state index >= 15 is 0 Å². The van der Waals surface area contributed by atoms with Crippen LogP contribution in [0.25, 0.3) is 22.6 Å². The first-order valence-corrected chi connectivity index (χ1v) is 8.99. The van der Waals surface area contributed by atoms with E-state index in [1.807, 2.05) is 0 Å². The Morgan fingerprint density at radius 3 is 2.52 bits per heavy atom. The Hall–Kier alpha value is -3.22. The van der Waals surface area contributed by atoms with Crippen LogP contribution in [0, 0.1) is 10.1 Å². The van der Waals surface area contributed by atoms with Gasteiger partial charge in [0.25, 0.3) is 5.69 Å². The van der Waals surface area contributed by atoms with Gasteiger partial charge in [-0.25, -0.2) is 0 Å². The van der Waals surface area contributed by atoms with Crippen molar-refractivity contribution in [3.63, 3.8) is 0 Å². The number of nitro benzene ring substituents is 1. The molecule has 0 spiro atoms. The van der Waals surface area contributed by atoms with Crippen LogP contribution in [0.5, 0.6) is 0 Å². The molecule has 9 nitrogen and oxygen atoms in total. The molecule has 1 N–H and O–H groups in total. The van der Waals surface area contributed by atoms with Crippen LogP contribution in [-0.2, 0) is 18.0 Å². The van der Waals surface area contributed by atoms with Crippen LogP contribution in [0.2, 0.25) is 0 Å². The van der Waals surface area contributed by atoms with Crippen LogP contribution in [0.15, 0.2) is 29.4 Å². The van der Waals surface area contributed by atoms with E-state index < -0.39 is 16.8 Å². The molecular formula is C16H13F3N6O3S. The summed E-state index contributed by atoms with van der Waals surface area (Å²) < 4.78 is 39.8. The van der Waals surface area contributed by atoms with Crippen molar-refractivity contribution < 1.29 is 22.9 Å². The number of thioether (sulfide) groups is 1. The fourth-order valence-corrected chi connectivity index (χ4v) is 3.10. The van der Waals surface area contributed by atoms with E-state index in [1.54, 1.807) is 0 Å². The zero-order valence-corrected chi connectivity index (χ0v) is 15.8. The summed E-state index contributed by atoms with van der Waals surface area (Å²) in [5, 5.41) is 22.9. The van der Waals surface area contributed by atoms with Gasteiger partial charge in [-0.05, 0) is 19.1 Å². The molecule has 0 aliphatic heterocycles. The smallest absolute Gasteiger partial charge is 0.316 e. The predicted molar refractivity (Wildman–Crippen MR) is 97.1 cm³/mol. The molecule has 0 unspecified atom stereocenters. The molecule has 0 aliphatic carbocycles. The first-order valence-electron chi connectivity index (χ1n) is 8.01. The minimum Gasteiger partial charge on any atom is -0.316 e. The highest BCUT2D eigenvalue weighted by molar-refractivity contribution is 7.99. The van der Waals surface area contributed by atoms with E-state index in [-0.39, 0.29) is 39.9 Å². The standard InChI is InChI=1S/C16H13F3N6O3S/c1-8(26)7-29-15-20-14(21-22-15)10-3-9(4-11(5-10)25(27)28)12-6-13(16(17,18)19)23-24(12)2/h3-6H,7H2,1-2H3,(H,20,21,22). The zero-order valence-electron chi connectivity index (χ0n) is 15.0. The number of aryl methyl sites for hydroxylation is 1. The Morgan fingerprint density at radius 1 is 1.24 bits per heavy atom. The van der Waals surface area contributed by atoms with E-state index in [2.05, 4.69) is 20.3 Å². The van der Waals surface area contributed by atoms with Crippen LogP contribution in [0.3, 0.4) is 0 Å². The number of rotatable bonds is 6. The lowest BCUT2D eigenvalue weighted by Gasteiger charge is -2.05. The highest BCUT2D eigenvalue weighted by atomic mass is 32.2. The van der Waals surface area contributed by atoms with Crippen molar-refractivity contribution >= 4 is 23.2 Å². The summed E-state index contributed by atoms with van der Waals surface area (Å²) in [5.74, 6) is 0.283. The summed E-state index contributed by atoms with van der Waals surface area (Å²) in [4.78, 5) is 24.6. The number of Topliss-reactive ketones (excluding diaryl/α,β-unsaturated/α-hetero) is 1. The summed E-state index contributed by atoms with van der Waals surface area (Å²) >= 11 is 1.11. The van der Waals surface area contributed by atoms with Crippen molar-refractivity contribution in [3.8, 4) is 22.6 Å². The monoisotopic (exact) mass is 426 g/mol. The number of aromatic amines is 1. The molecule has 2 heterocycles. The Morgan fingerprint density at radius 2 is 1.93 bits per heavy atom. The summed E-state index contributed by atoms with van der Waals surface area (Å²) in [6.07, 6.45) is -4.65. The number of aromatic nitrogens is 5. The van der Waals surface area contributed by atoms with Gasteiger partial charge in [0, 0.05) is 30.3 Å². The van der Waals surface area contributed by atoms with Gasteiger partial charge in [-0.1, -0.05) is 11.8 Å². The van der Waals surface area contributed by atoms with E-state index in [0.29, 0.717) is 5.16 Å². The maximum absolute atomic E-state index is 12.9. The lowest BCUT2D eigenvalue weighted by Crippen LogP contribution is -2.06. The van der Waals surface area contributed by atoms with E-state index in [1.165, 1.54) is 26.1 Å². The van der Waals surface area contributed by atoms with Gasteiger partial charge in [-0.2, -0.15) is 18.3 Å². The van der Waals surface area contributed by atoms with Gasteiger partial charge < -0.3 is 4.98 Å². The zero-order chi connectivity index (χ0) is 21.3. The second-order valence-electron chi connectivity index (χ2n) is 6.03. The number of benzene rings is 1. The summed E-state index contributed by atoms with van der Waals surface area (Å²) in [5.41, 5.74) is -0.972. The highest BCUT2D eigenvalue weighted by Crippen LogP contribution is 2.34. The molecule has 0 aliphatic rings. The minimum absolute atomic E-state index is 0.0490. The average molecular weight is 426 g/mol. The number of hydrogen-bond acceptors (Lipinski definition) is 7. The number of carbonyl (C=O) groups is 1. The number of ketones is 1. The van der Waals surface area contributed by atoms with E-state index in [9.17, 15) is 28.1 Å². The number of nitro groups is 1. The molecule has 0 saturated heterocycles. The molecule has 0 amide bonds. The molecular weight excluding hydrogens is 413 g/mol. The van der Waals surface area contributed by atoms with E-state index in [0.717, 1.165) is 28.6 Å². The van der Waals surface area contributed by atoms with Gasteiger partial charge in [0.15, 0.2) is 16.7 Å². The van der Waals surface area contributed by atoms with Crippen molar-refractivity contribution in [1.29, 1.82) is 0 Å². The second-order valence-corrected chi connectivity index (χ2v) is 7.00. The molecule has 13 heteroatoms. The molecule has 0 bridgehead atoms.